The Morgan fingerprint density at radius 2 is 0.723 bits per heavy atom. The highest BCUT2D eigenvalue weighted by Gasteiger charge is 2.43. The average molecular weight is 1470 g/mol. The Balaban J connectivity index is 0.881. The van der Waals surface area contributed by atoms with Gasteiger partial charge >= 0.3 is 0 Å². The van der Waals surface area contributed by atoms with Crippen LogP contribution in [0.4, 0.5) is 34.1 Å². The fourth-order valence-electron chi connectivity index (χ4n) is 18.1. The number of unbranched alkanes of at least 4 members (excludes halogenated alkanes) is 17. The number of anilines is 6. The van der Waals surface area contributed by atoms with Gasteiger partial charge in [-0.05, 0) is 263 Å². The van der Waals surface area contributed by atoms with Crippen LogP contribution < -0.4 is 9.80 Å². The third-order valence-electron chi connectivity index (χ3n) is 24.5. The maximum absolute atomic E-state index is 4.02. The van der Waals surface area contributed by atoms with Gasteiger partial charge in [0, 0.05) is 56.0 Å². The third kappa shape index (κ3) is 17.8. The topological polar surface area (TPSA) is 11.4 Å². The SMILES string of the molecule is C=Cc1ccc(N(c2ccc(C)cc2)c2ccc(-c3ccc(N(c4ccc(-c5ccc(CCCC)cc5)cc4)c4ccc(-c5cc(CCCCCC)c(-n6c7ccc(-c8ccccc8)cc7c7cc8c(cc76)-c6ccc(C)cc6C8(CCCCCCCC)CCCCCCCC)cc5CCCCCC)cc4)cc3)cc2)cc1. The van der Waals surface area contributed by atoms with Crippen LogP contribution in [0.25, 0.3) is 89.2 Å². The number of fused-ring (bicyclic) bond motifs is 6. The fourth-order valence-corrected chi connectivity index (χ4v) is 18.1. The summed E-state index contributed by atoms with van der Waals surface area (Å²) in [6.45, 7) is 20.2. The lowest BCUT2D eigenvalue weighted by atomic mass is 9.70. The van der Waals surface area contributed by atoms with Gasteiger partial charge in [0.15, 0.2) is 0 Å². The van der Waals surface area contributed by atoms with Crippen molar-refractivity contribution in [3.05, 3.63) is 312 Å². The van der Waals surface area contributed by atoms with Crippen LogP contribution in [0.15, 0.2) is 267 Å². The summed E-state index contributed by atoms with van der Waals surface area (Å²) in [5.41, 5.74) is 34.7. The second-order valence-corrected chi connectivity index (χ2v) is 32.6. The van der Waals surface area contributed by atoms with Crippen LogP contribution in [0, 0.1) is 13.8 Å². The summed E-state index contributed by atoms with van der Waals surface area (Å²) < 4.78 is 2.75. The lowest BCUT2D eigenvalue weighted by Crippen LogP contribution is -2.25. The first-order chi connectivity index (χ1) is 55.1. The van der Waals surface area contributed by atoms with E-state index >= 15 is 0 Å². The Morgan fingerprint density at radius 3 is 1.24 bits per heavy atom. The first-order valence-electron chi connectivity index (χ1n) is 43.5. The predicted octanol–water partition coefficient (Wildman–Crippen LogP) is 33.0. The summed E-state index contributed by atoms with van der Waals surface area (Å²) in [6, 6.07) is 101. The number of aryl methyl sites for hydroxylation is 5. The van der Waals surface area contributed by atoms with Gasteiger partial charge in [0.1, 0.15) is 0 Å². The van der Waals surface area contributed by atoms with Crippen molar-refractivity contribution in [2.45, 2.75) is 227 Å². The van der Waals surface area contributed by atoms with Crippen LogP contribution in [-0.2, 0) is 24.7 Å². The molecule has 0 bridgehead atoms. The summed E-state index contributed by atoms with van der Waals surface area (Å²) in [5, 5.41) is 2.74. The molecule has 13 aromatic rings. The minimum absolute atomic E-state index is 0.0346. The maximum Gasteiger partial charge on any atom is 0.0547 e. The molecule has 0 spiro atoms. The smallest absolute Gasteiger partial charge is 0.0547 e. The lowest BCUT2D eigenvalue weighted by Gasteiger charge is -2.33. The molecule has 112 heavy (non-hydrogen) atoms. The van der Waals surface area contributed by atoms with Gasteiger partial charge in [-0.2, -0.15) is 0 Å². The van der Waals surface area contributed by atoms with Gasteiger partial charge < -0.3 is 14.4 Å². The normalized spacial score (nSPS) is 12.2. The molecule has 1 aliphatic carbocycles. The van der Waals surface area contributed by atoms with E-state index in [-0.39, 0.29) is 5.41 Å². The van der Waals surface area contributed by atoms with Crippen LogP contribution in [-0.4, -0.2) is 4.57 Å². The number of benzene rings is 12. The highest BCUT2D eigenvalue weighted by atomic mass is 15.1. The van der Waals surface area contributed by atoms with Crippen molar-refractivity contribution in [1.82, 2.24) is 4.57 Å². The minimum Gasteiger partial charge on any atom is -0.311 e. The number of nitrogens with zero attached hydrogens (tertiary/aromatic N) is 3. The molecule has 0 saturated carbocycles. The third-order valence-corrected chi connectivity index (χ3v) is 24.5. The van der Waals surface area contributed by atoms with Crippen LogP contribution in [0.5, 0.6) is 0 Å². The van der Waals surface area contributed by atoms with Gasteiger partial charge in [0.2, 0.25) is 0 Å². The molecule has 0 aliphatic heterocycles. The lowest BCUT2D eigenvalue weighted by molar-refractivity contribution is 0.398. The molecule has 572 valence electrons. The van der Waals surface area contributed by atoms with Crippen molar-refractivity contribution >= 4 is 62.0 Å². The zero-order chi connectivity index (χ0) is 77.2. The molecule has 0 unspecified atom stereocenters. The van der Waals surface area contributed by atoms with Gasteiger partial charge in [-0.3, -0.25) is 0 Å². The van der Waals surface area contributed by atoms with Crippen molar-refractivity contribution in [2.75, 3.05) is 9.80 Å². The largest absolute Gasteiger partial charge is 0.311 e. The van der Waals surface area contributed by atoms with Crippen molar-refractivity contribution in [3.8, 4) is 61.3 Å². The summed E-state index contributed by atoms with van der Waals surface area (Å²) in [4.78, 5) is 4.79. The Morgan fingerprint density at radius 1 is 0.304 bits per heavy atom. The molecular weight excluding hydrogens is 1350 g/mol. The molecular formula is C109H121N3. The van der Waals surface area contributed by atoms with Crippen LogP contribution in [0.3, 0.4) is 0 Å². The van der Waals surface area contributed by atoms with Crippen molar-refractivity contribution < 1.29 is 0 Å². The second kappa shape index (κ2) is 37.9. The molecule has 1 heterocycles. The number of hydrogen-bond donors (Lipinski definition) is 0. The molecule has 3 heteroatoms. The van der Waals surface area contributed by atoms with Crippen molar-refractivity contribution in [1.29, 1.82) is 0 Å². The van der Waals surface area contributed by atoms with E-state index in [9.17, 15) is 0 Å². The molecule has 1 aromatic heterocycles. The van der Waals surface area contributed by atoms with Crippen molar-refractivity contribution in [3.63, 3.8) is 0 Å². The summed E-state index contributed by atoms with van der Waals surface area (Å²) in [7, 11) is 0. The van der Waals surface area contributed by atoms with Crippen LogP contribution >= 0.6 is 0 Å². The summed E-state index contributed by atoms with van der Waals surface area (Å²) in [6.07, 6.45) is 35.2. The molecule has 0 amide bonds. The van der Waals surface area contributed by atoms with E-state index in [0.29, 0.717) is 0 Å². The van der Waals surface area contributed by atoms with E-state index in [1.165, 1.54) is 252 Å². The highest BCUT2D eigenvalue weighted by molar-refractivity contribution is 6.13. The molecule has 14 rings (SSSR count). The van der Waals surface area contributed by atoms with E-state index in [1.54, 1.807) is 11.1 Å². The van der Waals surface area contributed by atoms with Crippen molar-refractivity contribution in [2.24, 2.45) is 0 Å². The minimum atomic E-state index is -0.0346. The molecule has 0 radical (unpaired) electrons. The summed E-state index contributed by atoms with van der Waals surface area (Å²) in [5.74, 6) is 0. The van der Waals surface area contributed by atoms with Gasteiger partial charge in [-0.15, -0.1) is 0 Å². The Labute approximate surface area is 672 Å². The van der Waals surface area contributed by atoms with E-state index in [4.69, 9.17) is 0 Å². The molecule has 0 N–H and O–H groups in total. The average Bonchev–Trinajstić information content (AvgIpc) is 1.53. The Kier molecular flexibility index (Phi) is 26.5. The predicted molar refractivity (Wildman–Crippen MR) is 488 cm³/mol. The standard InChI is InChI=1S/C109H121N3/c1-9-15-20-24-26-33-72-109(73-34-27-25-21-16-10-2)104-74-81(8)42-70-99(104)101-79-108-103(78-105(101)109)102-75-90(84-36-31-28-32-37-84)57-71-106(102)112(108)107-77-91(38-29-22-17-11-3)100(76-92(107)39-30-23-18-12-4)89-55-68-98(69-56-89)111(96-62-49-86(50-63-96)85-47-43-83(44-48-85)35-19-13-5)97-66-53-88(54-67-97)87-51-64-95(65-52-87)110(93-58-40-80(7)41-59-93)94-60-45-82(14-6)46-61-94/h14,28,31-32,36-37,40-71,74-79H,6,9-13,15-27,29-30,33-35,38-39,72-73H2,1-5,7-8H3. The zero-order valence-electron chi connectivity index (χ0n) is 68.5. The van der Waals surface area contributed by atoms with Gasteiger partial charge in [0.25, 0.3) is 0 Å². The maximum atomic E-state index is 4.02. The molecule has 0 saturated heterocycles. The fraction of sp³-hybridized carbons (Fsp3) is 0.321. The molecule has 12 aromatic carbocycles. The first-order valence-corrected chi connectivity index (χ1v) is 43.5. The van der Waals surface area contributed by atoms with E-state index in [2.05, 4.69) is 330 Å². The molecule has 0 atom stereocenters. The Bertz CT molecular complexity index is 5180. The summed E-state index contributed by atoms with van der Waals surface area (Å²) >= 11 is 0. The van der Waals surface area contributed by atoms with Gasteiger partial charge in [-0.1, -0.05) is 332 Å². The molecule has 3 nitrogen and oxygen atoms in total. The second-order valence-electron chi connectivity index (χ2n) is 32.6. The number of hydrogen-bond acceptors (Lipinski definition) is 2. The Hall–Kier alpha value is -10.2. The van der Waals surface area contributed by atoms with Gasteiger partial charge in [-0.25, -0.2) is 0 Å². The van der Waals surface area contributed by atoms with Crippen LogP contribution in [0.1, 0.15) is 233 Å². The number of rotatable bonds is 39. The monoisotopic (exact) mass is 1470 g/mol. The van der Waals surface area contributed by atoms with Gasteiger partial charge in [0.05, 0.1) is 11.0 Å². The molecule has 1 aliphatic rings. The zero-order valence-corrected chi connectivity index (χ0v) is 68.5. The highest BCUT2D eigenvalue weighted by Crippen LogP contribution is 2.57. The first kappa shape index (κ1) is 78.5. The van der Waals surface area contributed by atoms with Crippen LogP contribution in [0.2, 0.25) is 0 Å². The van der Waals surface area contributed by atoms with E-state index in [0.717, 1.165) is 71.8 Å². The number of aromatic nitrogens is 1. The molecule has 0 fully saturated rings. The quantitative estimate of drug-likeness (QED) is 0.0356. The van der Waals surface area contributed by atoms with E-state index in [1.807, 2.05) is 6.08 Å². The van der Waals surface area contributed by atoms with E-state index < -0.39 is 0 Å².